The topological polar surface area (TPSA) is 43.4 Å². The van der Waals surface area contributed by atoms with Crippen LogP contribution in [0.25, 0.3) is 0 Å². The maximum Gasteiger partial charge on any atom is 0.339 e. The average Bonchev–Trinajstić information content (AvgIpc) is 2.30. The van der Waals surface area contributed by atoms with E-state index in [1.165, 1.54) is 12.1 Å². The highest BCUT2D eigenvalue weighted by atomic mass is 79.9. The van der Waals surface area contributed by atoms with E-state index in [2.05, 4.69) is 15.9 Å². The van der Waals surface area contributed by atoms with Crippen molar-refractivity contribution in [2.75, 3.05) is 0 Å². The van der Waals surface area contributed by atoms with Gasteiger partial charge in [-0.1, -0.05) is 40.2 Å². The highest BCUT2D eigenvalue weighted by Crippen LogP contribution is 2.20. The molecule has 3 nitrogen and oxygen atoms in total. The number of hydrogen-bond donors (Lipinski definition) is 0. The lowest BCUT2D eigenvalue weighted by Crippen LogP contribution is -2.09. The molecule has 2 rings (SSSR count). The molecule has 0 unspecified atom stereocenters. The van der Waals surface area contributed by atoms with Gasteiger partial charge in [0.05, 0.1) is 0 Å². The first-order valence-corrected chi connectivity index (χ1v) is 7.03. The van der Waals surface area contributed by atoms with Crippen LogP contribution in [0.1, 0.15) is 0 Å². The Balaban J connectivity index is 2.32. The summed E-state index contributed by atoms with van der Waals surface area (Å²) in [6.07, 6.45) is 0. The van der Waals surface area contributed by atoms with Crippen LogP contribution in [0.15, 0.2) is 64.0 Å². The largest absolute Gasteiger partial charge is 0.379 e. The fourth-order valence-electron chi connectivity index (χ4n) is 1.27. The summed E-state index contributed by atoms with van der Waals surface area (Å²) in [7, 11) is -3.77. The van der Waals surface area contributed by atoms with Gasteiger partial charge >= 0.3 is 10.1 Å². The van der Waals surface area contributed by atoms with Gasteiger partial charge in [0.25, 0.3) is 0 Å². The predicted octanol–water partition coefficient (Wildman–Crippen LogP) is 3.22. The molecule has 88 valence electrons. The summed E-state index contributed by atoms with van der Waals surface area (Å²) < 4.78 is 29.5. The Morgan fingerprint density at radius 2 is 1.65 bits per heavy atom. The number of hydrogen-bond acceptors (Lipinski definition) is 3. The second kappa shape index (κ2) is 4.89. The van der Waals surface area contributed by atoms with Crippen LogP contribution in [-0.2, 0) is 10.1 Å². The first-order valence-electron chi connectivity index (χ1n) is 4.83. The van der Waals surface area contributed by atoms with E-state index < -0.39 is 10.1 Å². The lowest BCUT2D eigenvalue weighted by atomic mass is 10.3. The summed E-state index contributed by atoms with van der Waals surface area (Å²) in [6, 6.07) is 14.8. The lowest BCUT2D eigenvalue weighted by molar-refractivity contribution is 0.486. The molecular weight excluding hydrogens is 304 g/mol. The molecule has 0 aliphatic rings. The van der Waals surface area contributed by atoms with Crippen LogP contribution in [0.2, 0.25) is 0 Å². The van der Waals surface area contributed by atoms with Crippen molar-refractivity contribution in [3.05, 3.63) is 59.1 Å². The third kappa shape index (κ3) is 3.08. The van der Waals surface area contributed by atoms with Crippen LogP contribution in [0.5, 0.6) is 5.75 Å². The van der Waals surface area contributed by atoms with Crippen molar-refractivity contribution in [3.8, 4) is 5.75 Å². The standard InChI is InChI=1S/C12H9BrO3S/c13-10-5-4-8-12(9-10)17(14,15)16-11-6-2-1-3-7-11/h1-9H. The molecule has 17 heavy (non-hydrogen) atoms. The van der Waals surface area contributed by atoms with Crippen molar-refractivity contribution < 1.29 is 12.6 Å². The van der Waals surface area contributed by atoms with E-state index in [0.29, 0.717) is 10.2 Å². The molecule has 0 saturated heterocycles. The van der Waals surface area contributed by atoms with E-state index in [1.807, 2.05) is 0 Å². The SMILES string of the molecule is O=S(=O)(Oc1ccccc1)c1cccc(Br)c1. The lowest BCUT2D eigenvalue weighted by Gasteiger charge is -2.06. The van der Waals surface area contributed by atoms with Crippen molar-refractivity contribution >= 4 is 26.0 Å². The van der Waals surface area contributed by atoms with Gasteiger partial charge in [0.2, 0.25) is 0 Å². The molecule has 0 aliphatic heterocycles. The van der Waals surface area contributed by atoms with Crippen LogP contribution in [-0.4, -0.2) is 8.42 Å². The number of para-hydroxylation sites is 1. The van der Waals surface area contributed by atoms with E-state index in [9.17, 15) is 8.42 Å². The third-order valence-corrected chi connectivity index (χ3v) is 3.77. The van der Waals surface area contributed by atoms with E-state index in [1.54, 1.807) is 42.5 Å². The first-order chi connectivity index (χ1) is 8.08. The molecule has 0 saturated carbocycles. The van der Waals surface area contributed by atoms with E-state index in [4.69, 9.17) is 4.18 Å². The summed E-state index contributed by atoms with van der Waals surface area (Å²) in [5.74, 6) is 0.299. The Bertz CT molecular complexity index is 609. The Morgan fingerprint density at radius 3 is 2.29 bits per heavy atom. The van der Waals surface area contributed by atoms with Gasteiger partial charge in [-0.3, -0.25) is 0 Å². The Labute approximate surface area is 108 Å². The molecule has 2 aromatic rings. The zero-order valence-electron chi connectivity index (χ0n) is 8.71. The van der Waals surface area contributed by atoms with Crippen molar-refractivity contribution in [3.63, 3.8) is 0 Å². The molecule has 0 N–H and O–H groups in total. The zero-order valence-corrected chi connectivity index (χ0v) is 11.1. The summed E-state index contributed by atoms with van der Waals surface area (Å²) in [5.41, 5.74) is 0. The smallest absolute Gasteiger partial charge is 0.339 e. The minimum atomic E-state index is -3.77. The molecule has 0 atom stereocenters. The maximum absolute atomic E-state index is 11.9. The molecule has 0 aliphatic carbocycles. The zero-order chi connectivity index (χ0) is 12.3. The highest BCUT2D eigenvalue weighted by Gasteiger charge is 2.16. The fourth-order valence-corrected chi connectivity index (χ4v) is 2.80. The Kier molecular flexibility index (Phi) is 3.49. The monoisotopic (exact) mass is 312 g/mol. The Hall–Kier alpha value is -1.33. The number of halogens is 1. The molecule has 0 aromatic heterocycles. The van der Waals surface area contributed by atoms with Gasteiger partial charge in [0.1, 0.15) is 10.6 Å². The molecule has 2 aromatic carbocycles. The van der Waals surface area contributed by atoms with Crippen LogP contribution in [0.3, 0.4) is 0 Å². The molecule has 0 fully saturated rings. The van der Waals surface area contributed by atoms with Gasteiger partial charge in [0, 0.05) is 4.47 Å². The van der Waals surface area contributed by atoms with Gasteiger partial charge in [-0.15, -0.1) is 0 Å². The van der Waals surface area contributed by atoms with Crippen LogP contribution >= 0.6 is 15.9 Å². The average molecular weight is 313 g/mol. The van der Waals surface area contributed by atoms with Crippen molar-refractivity contribution in [2.45, 2.75) is 4.90 Å². The molecule has 0 radical (unpaired) electrons. The summed E-state index contributed by atoms with van der Waals surface area (Å²) >= 11 is 3.22. The Morgan fingerprint density at radius 1 is 0.941 bits per heavy atom. The van der Waals surface area contributed by atoms with Gasteiger partial charge < -0.3 is 4.18 Å². The highest BCUT2D eigenvalue weighted by molar-refractivity contribution is 9.10. The minimum Gasteiger partial charge on any atom is -0.379 e. The first kappa shape index (κ1) is 12.1. The number of rotatable bonds is 3. The third-order valence-electron chi connectivity index (χ3n) is 2.03. The van der Waals surface area contributed by atoms with Gasteiger partial charge in [0.15, 0.2) is 0 Å². The summed E-state index contributed by atoms with van der Waals surface area (Å²) in [5, 5.41) is 0. The predicted molar refractivity (Wildman–Crippen MR) is 68.4 cm³/mol. The van der Waals surface area contributed by atoms with Crippen LogP contribution < -0.4 is 4.18 Å². The van der Waals surface area contributed by atoms with Gasteiger partial charge in [-0.05, 0) is 30.3 Å². The van der Waals surface area contributed by atoms with Gasteiger partial charge in [-0.25, -0.2) is 0 Å². The number of benzene rings is 2. The molecule has 0 amide bonds. The van der Waals surface area contributed by atoms with E-state index in [0.717, 1.165) is 0 Å². The minimum absolute atomic E-state index is 0.121. The van der Waals surface area contributed by atoms with E-state index >= 15 is 0 Å². The molecule has 5 heteroatoms. The summed E-state index contributed by atoms with van der Waals surface area (Å²) in [4.78, 5) is 0.121. The van der Waals surface area contributed by atoms with Crippen molar-refractivity contribution in [1.29, 1.82) is 0 Å². The van der Waals surface area contributed by atoms with Crippen LogP contribution in [0, 0.1) is 0 Å². The molecule has 0 heterocycles. The van der Waals surface area contributed by atoms with Crippen LogP contribution in [0.4, 0.5) is 0 Å². The maximum atomic E-state index is 11.9. The second-order valence-corrected chi connectivity index (χ2v) is 5.77. The van der Waals surface area contributed by atoms with E-state index in [-0.39, 0.29) is 4.90 Å². The molecule has 0 bridgehead atoms. The fraction of sp³-hybridized carbons (Fsp3) is 0. The normalized spacial score (nSPS) is 11.1. The second-order valence-electron chi connectivity index (χ2n) is 3.31. The van der Waals surface area contributed by atoms with Gasteiger partial charge in [-0.2, -0.15) is 8.42 Å². The molecular formula is C12H9BrO3S. The molecule has 0 spiro atoms. The summed E-state index contributed by atoms with van der Waals surface area (Å²) in [6.45, 7) is 0. The quantitative estimate of drug-likeness (QED) is 0.817. The van der Waals surface area contributed by atoms with Crippen molar-refractivity contribution in [1.82, 2.24) is 0 Å². The van der Waals surface area contributed by atoms with Crippen molar-refractivity contribution in [2.24, 2.45) is 0 Å².